The van der Waals surface area contributed by atoms with Crippen molar-refractivity contribution in [2.24, 2.45) is 0 Å². The lowest BCUT2D eigenvalue weighted by atomic mass is 10.0. The SMILES string of the molecule is COc1cccc(-c2nc(CC(=O)N3CCCc4ccccc43)cs2)c1OC. The van der Waals surface area contributed by atoms with E-state index < -0.39 is 0 Å². The number of aryl methyl sites for hydroxylation is 1. The highest BCUT2D eigenvalue weighted by Gasteiger charge is 2.23. The Bertz CT molecular complexity index is 999. The van der Waals surface area contributed by atoms with Crippen LogP contribution in [0, 0.1) is 0 Å². The minimum absolute atomic E-state index is 0.0848. The molecule has 0 radical (unpaired) electrons. The van der Waals surface area contributed by atoms with Crippen LogP contribution in [0.4, 0.5) is 5.69 Å². The van der Waals surface area contributed by atoms with Crippen LogP contribution in [0.5, 0.6) is 11.5 Å². The minimum atomic E-state index is 0.0848. The van der Waals surface area contributed by atoms with Gasteiger partial charge in [0.1, 0.15) is 5.01 Å². The third-order valence-electron chi connectivity index (χ3n) is 4.93. The van der Waals surface area contributed by atoms with Crippen molar-refractivity contribution in [1.82, 2.24) is 4.98 Å². The summed E-state index contributed by atoms with van der Waals surface area (Å²) in [5.74, 6) is 1.40. The molecule has 28 heavy (non-hydrogen) atoms. The van der Waals surface area contributed by atoms with E-state index in [2.05, 4.69) is 6.07 Å². The Morgan fingerprint density at radius 3 is 2.82 bits per heavy atom. The lowest BCUT2D eigenvalue weighted by Gasteiger charge is -2.29. The third-order valence-corrected chi connectivity index (χ3v) is 5.85. The van der Waals surface area contributed by atoms with Gasteiger partial charge < -0.3 is 14.4 Å². The zero-order valence-electron chi connectivity index (χ0n) is 16.0. The summed E-state index contributed by atoms with van der Waals surface area (Å²) >= 11 is 1.51. The summed E-state index contributed by atoms with van der Waals surface area (Å²) in [5.41, 5.74) is 3.91. The van der Waals surface area contributed by atoms with Crippen molar-refractivity contribution in [3.05, 3.63) is 59.1 Å². The van der Waals surface area contributed by atoms with Crippen molar-refractivity contribution in [2.75, 3.05) is 25.7 Å². The number of rotatable bonds is 5. The van der Waals surface area contributed by atoms with E-state index in [0.29, 0.717) is 11.5 Å². The van der Waals surface area contributed by atoms with Crippen LogP contribution >= 0.6 is 11.3 Å². The smallest absolute Gasteiger partial charge is 0.233 e. The summed E-state index contributed by atoms with van der Waals surface area (Å²) in [6, 6.07) is 13.9. The van der Waals surface area contributed by atoms with Crippen molar-refractivity contribution in [1.29, 1.82) is 0 Å². The lowest BCUT2D eigenvalue weighted by Crippen LogP contribution is -2.36. The summed E-state index contributed by atoms with van der Waals surface area (Å²) in [7, 11) is 3.23. The lowest BCUT2D eigenvalue weighted by molar-refractivity contribution is -0.118. The summed E-state index contributed by atoms with van der Waals surface area (Å²) in [6.07, 6.45) is 2.31. The van der Waals surface area contributed by atoms with E-state index in [9.17, 15) is 4.79 Å². The number of anilines is 1. The summed E-state index contributed by atoms with van der Waals surface area (Å²) in [6.45, 7) is 0.760. The Balaban J connectivity index is 1.56. The number of carbonyl (C=O) groups is 1. The van der Waals surface area contributed by atoms with Gasteiger partial charge in [-0.3, -0.25) is 4.79 Å². The molecule has 0 saturated carbocycles. The molecule has 2 aromatic carbocycles. The van der Waals surface area contributed by atoms with E-state index in [1.807, 2.05) is 46.7 Å². The quantitative estimate of drug-likeness (QED) is 0.646. The molecule has 3 aromatic rings. The van der Waals surface area contributed by atoms with Crippen LogP contribution in [0.15, 0.2) is 47.8 Å². The van der Waals surface area contributed by atoms with Gasteiger partial charge in [-0.15, -0.1) is 11.3 Å². The molecule has 0 unspecified atom stereocenters. The Morgan fingerprint density at radius 2 is 2.00 bits per heavy atom. The zero-order chi connectivity index (χ0) is 19.5. The number of fused-ring (bicyclic) bond motifs is 1. The second-order valence-corrected chi connectivity index (χ2v) is 7.50. The molecule has 0 saturated heterocycles. The first-order valence-electron chi connectivity index (χ1n) is 9.25. The predicted molar refractivity (Wildman–Crippen MR) is 111 cm³/mol. The Morgan fingerprint density at radius 1 is 1.14 bits per heavy atom. The number of para-hydroxylation sites is 2. The van der Waals surface area contributed by atoms with Gasteiger partial charge in [0.05, 0.1) is 31.9 Å². The second kappa shape index (κ2) is 8.02. The normalized spacial score (nSPS) is 13.1. The summed E-state index contributed by atoms with van der Waals surface area (Å²) < 4.78 is 10.9. The van der Waals surface area contributed by atoms with Crippen LogP contribution in [-0.4, -0.2) is 31.7 Å². The number of aromatic nitrogens is 1. The van der Waals surface area contributed by atoms with Gasteiger partial charge in [-0.05, 0) is 36.6 Å². The molecule has 0 bridgehead atoms. The zero-order valence-corrected chi connectivity index (χ0v) is 16.8. The van der Waals surface area contributed by atoms with E-state index in [-0.39, 0.29) is 12.3 Å². The fourth-order valence-corrected chi connectivity index (χ4v) is 4.45. The van der Waals surface area contributed by atoms with Gasteiger partial charge >= 0.3 is 0 Å². The molecule has 1 amide bonds. The van der Waals surface area contributed by atoms with Crippen LogP contribution in [0.3, 0.4) is 0 Å². The van der Waals surface area contributed by atoms with Crippen LogP contribution in [0.1, 0.15) is 17.7 Å². The monoisotopic (exact) mass is 394 g/mol. The van der Waals surface area contributed by atoms with Crippen molar-refractivity contribution >= 4 is 22.9 Å². The Hall–Kier alpha value is -2.86. The molecule has 1 aliphatic rings. The van der Waals surface area contributed by atoms with Crippen LogP contribution < -0.4 is 14.4 Å². The highest BCUT2D eigenvalue weighted by atomic mass is 32.1. The number of methoxy groups -OCH3 is 2. The maximum Gasteiger partial charge on any atom is 0.233 e. The fraction of sp³-hybridized carbons (Fsp3) is 0.273. The van der Waals surface area contributed by atoms with Gasteiger partial charge in [0.25, 0.3) is 0 Å². The first-order chi connectivity index (χ1) is 13.7. The van der Waals surface area contributed by atoms with E-state index in [1.54, 1.807) is 14.2 Å². The number of thiazole rings is 1. The average molecular weight is 394 g/mol. The first kappa shape index (κ1) is 18.5. The maximum absolute atomic E-state index is 12.9. The number of hydrogen-bond acceptors (Lipinski definition) is 5. The van der Waals surface area contributed by atoms with Crippen molar-refractivity contribution < 1.29 is 14.3 Å². The molecule has 0 aliphatic carbocycles. The van der Waals surface area contributed by atoms with E-state index >= 15 is 0 Å². The molecular formula is C22H22N2O3S. The molecule has 1 aliphatic heterocycles. The number of ether oxygens (including phenoxy) is 2. The molecule has 0 fully saturated rings. The molecule has 0 N–H and O–H groups in total. The Labute approximate surface area is 168 Å². The molecule has 1 aromatic heterocycles. The second-order valence-electron chi connectivity index (χ2n) is 6.64. The highest BCUT2D eigenvalue weighted by Crippen LogP contribution is 2.39. The molecule has 6 heteroatoms. The third kappa shape index (κ3) is 3.47. The number of amides is 1. The minimum Gasteiger partial charge on any atom is -0.493 e. The van der Waals surface area contributed by atoms with Crippen LogP contribution in [-0.2, 0) is 17.6 Å². The van der Waals surface area contributed by atoms with Crippen LogP contribution in [0.25, 0.3) is 10.6 Å². The number of benzene rings is 2. The topological polar surface area (TPSA) is 51.7 Å². The van der Waals surface area contributed by atoms with Gasteiger partial charge in [0.2, 0.25) is 5.91 Å². The number of hydrogen-bond donors (Lipinski definition) is 0. The molecule has 5 nitrogen and oxygen atoms in total. The van der Waals surface area contributed by atoms with Crippen LogP contribution in [0.2, 0.25) is 0 Å². The van der Waals surface area contributed by atoms with Gasteiger partial charge in [-0.1, -0.05) is 24.3 Å². The van der Waals surface area contributed by atoms with Gasteiger partial charge in [-0.25, -0.2) is 4.98 Å². The number of carbonyl (C=O) groups excluding carboxylic acids is 1. The van der Waals surface area contributed by atoms with Gasteiger partial charge in [-0.2, -0.15) is 0 Å². The standard InChI is InChI=1S/C22H22N2O3S/c1-26-19-11-5-9-17(21(19)27-2)22-23-16(14-28-22)13-20(25)24-12-6-8-15-7-3-4-10-18(15)24/h3-5,7,9-11,14H,6,8,12-13H2,1-2H3. The summed E-state index contributed by atoms with van der Waals surface area (Å²) in [4.78, 5) is 19.5. The van der Waals surface area contributed by atoms with E-state index in [1.165, 1.54) is 16.9 Å². The molecule has 0 atom stereocenters. The fourth-order valence-electron chi connectivity index (χ4n) is 3.61. The molecule has 2 heterocycles. The van der Waals surface area contributed by atoms with Gasteiger partial charge in [0.15, 0.2) is 11.5 Å². The molecule has 144 valence electrons. The first-order valence-corrected chi connectivity index (χ1v) is 10.1. The average Bonchev–Trinajstić information content (AvgIpc) is 3.20. The van der Waals surface area contributed by atoms with E-state index in [0.717, 1.165) is 41.3 Å². The van der Waals surface area contributed by atoms with E-state index in [4.69, 9.17) is 14.5 Å². The maximum atomic E-state index is 12.9. The highest BCUT2D eigenvalue weighted by molar-refractivity contribution is 7.13. The molecule has 4 rings (SSSR count). The summed E-state index contributed by atoms with van der Waals surface area (Å²) in [5, 5.41) is 2.76. The van der Waals surface area contributed by atoms with Crippen molar-refractivity contribution in [2.45, 2.75) is 19.3 Å². The predicted octanol–water partition coefficient (Wildman–Crippen LogP) is 4.35. The Kier molecular flexibility index (Phi) is 5.30. The largest absolute Gasteiger partial charge is 0.493 e. The van der Waals surface area contributed by atoms with Crippen molar-refractivity contribution in [3.8, 4) is 22.1 Å². The van der Waals surface area contributed by atoms with Crippen molar-refractivity contribution in [3.63, 3.8) is 0 Å². The molecule has 0 spiro atoms. The number of nitrogens with zero attached hydrogens (tertiary/aromatic N) is 2. The molecular weight excluding hydrogens is 372 g/mol. The van der Waals surface area contributed by atoms with Gasteiger partial charge in [0, 0.05) is 17.6 Å².